The third-order valence-corrected chi connectivity index (χ3v) is 3.77. The minimum Gasteiger partial charge on any atom is -0.351 e. The number of hydrogen-bond donors (Lipinski definition) is 2. The molecule has 0 spiro atoms. The highest BCUT2D eigenvalue weighted by molar-refractivity contribution is 5.82. The van der Waals surface area contributed by atoms with Crippen molar-refractivity contribution in [2.45, 2.75) is 39.3 Å². The van der Waals surface area contributed by atoms with Crippen LogP contribution in [0.4, 0.5) is 4.39 Å². The van der Waals surface area contributed by atoms with Gasteiger partial charge in [-0.15, -0.1) is 0 Å². The Balaban J connectivity index is 1.92. The second-order valence-electron chi connectivity index (χ2n) is 5.82. The van der Waals surface area contributed by atoms with Crippen molar-refractivity contribution in [3.63, 3.8) is 0 Å². The maximum absolute atomic E-state index is 12.8. The molecule has 19 heavy (non-hydrogen) atoms. The van der Waals surface area contributed by atoms with E-state index in [0.717, 1.165) is 24.9 Å². The summed E-state index contributed by atoms with van der Waals surface area (Å²) in [6.45, 7) is 5.55. The number of piperidine rings is 1. The maximum atomic E-state index is 12.8. The zero-order valence-electron chi connectivity index (χ0n) is 11.5. The molecule has 1 aromatic rings. The van der Waals surface area contributed by atoms with Gasteiger partial charge in [0.2, 0.25) is 5.91 Å². The van der Waals surface area contributed by atoms with Gasteiger partial charge in [-0.1, -0.05) is 26.0 Å². The molecule has 1 saturated heterocycles. The Morgan fingerprint density at radius 3 is 2.74 bits per heavy atom. The van der Waals surface area contributed by atoms with Crippen LogP contribution in [0.2, 0.25) is 0 Å². The van der Waals surface area contributed by atoms with Crippen LogP contribution in [0, 0.1) is 11.2 Å². The molecule has 0 bridgehead atoms. The first kappa shape index (κ1) is 14.0. The van der Waals surface area contributed by atoms with Crippen LogP contribution < -0.4 is 10.6 Å². The van der Waals surface area contributed by atoms with Gasteiger partial charge in [0.1, 0.15) is 5.82 Å². The average Bonchev–Trinajstić information content (AvgIpc) is 2.37. The first-order valence-corrected chi connectivity index (χ1v) is 6.74. The van der Waals surface area contributed by atoms with E-state index in [4.69, 9.17) is 0 Å². The second kappa shape index (κ2) is 5.70. The first-order valence-electron chi connectivity index (χ1n) is 6.74. The van der Waals surface area contributed by atoms with Gasteiger partial charge in [-0.3, -0.25) is 4.79 Å². The van der Waals surface area contributed by atoms with Crippen molar-refractivity contribution in [3.8, 4) is 0 Å². The third kappa shape index (κ3) is 3.53. The molecule has 1 atom stereocenters. The van der Waals surface area contributed by atoms with Crippen molar-refractivity contribution in [3.05, 3.63) is 35.6 Å². The summed E-state index contributed by atoms with van der Waals surface area (Å²) in [5.74, 6) is -0.237. The van der Waals surface area contributed by atoms with E-state index in [-0.39, 0.29) is 23.2 Å². The van der Waals surface area contributed by atoms with Crippen LogP contribution in [0.25, 0.3) is 0 Å². The molecule has 104 valence electrons. The van der Waals surface area contributed by atoms with Crippen LogP contribution in [0.5, 0.6) is 0 Å². The normalized spacial score (nSPS) is 21.9. The predicted octanol–water partition coefficient (Wildman–Crippen LogP) is 2.22. The monoisotopic (exact) mass is 264 g/mol. The van der Waals surface area contributed by atoms with E-state index in [1.165, 1.54) is 12.1 Å². The molecule has 0 radical (unpaired) electrons. The van der Waals surface area contributed by atoms with Gasteiger partial charge in [0, 0.05) is 6.54 Å². The maximum Gasteiger partial charge on any atom is 0.237 e. The molecule has 1 aliphatic rings. The fraction of sp³-hybridized carbons (Fsp3) is 0.533. The first-order chi connectivity index (χ1) is 8.99. The smallest absolute Gasteiger partial charge is 0.237 e. The summed E-state index contributed by atoms with van der Waals surface area (Å²) in [6.07, 6.45) is 2.16. The molecular weight excluding hydrogens is 243 g/mol. The Morgan fingerprint density at radius 1 is 1.42 bits per heavy atom. The summed E-state index contributed by atoms with van der Waals surface area (Å²) in [6, 6.07) is 6.04. The van der Waals surface area contributed by atoms with Crippen LogP contribution in [-0.4, -0.2) is 18.5 Å². The van der Waals surface area contributed by atoms with Gasteiger partial charge in [-0.05, 0) is 42.5 Å². The lowest BCUT2D eigenvalue weighted by Crippen LogP contribution is -2.55. The van der Waals surface area contributed by atoms with Crippen LogP contribution in [0.15, 0.2) is 24.3 Å². The fourth-order valence-electron chi connectivity index (χ4n) is 2.55. The quantitative estimate of drug-likeness (QED) is 0.879. The number of carbonyl (C=O) groups is 1. The van der Waals surface area contributed by atoms with Crippen molar-refractivity contribution in [1.29, 1.82) is 0 Å². The molecular formula is C15H21FN2O. The average molecular weight is 264 g/mol. The summed E-state index contributed by atoms with van der Waals surface area (Å²) in [5, 5.41) is 6.20. The number of benzene rings is 1. The molecule has 2 rings (SSSR count). The summed E-state index contributed by atoms with van der Waals surface area (Å²) in [7, 11) is 0. The number of rotatable bonds is 3. The highest BCUT2D eigenvalue weighted by atomic mass is 19.1. The van der Waals surface area contributed by atoms with Gasteiger partial charge in [-0.25, -0.2) is 4.39 Å². The highest BCUT2D eigenvalue weighted by Gasteiger charge is 2.36. The van der Waals surface area contributed by atoms with Crippen molar-refractivity contribution in [1.82, 2.24) is 10.6 Å². The van der Waals surface area contributed by atoms with Crippen LogP contribution >= 0.6 is 0 Å². The van der Waals surface area contributed by atoms with Gasteiger partial charge < -0.3 is 10.6 Å². The molecule has 1 amide bonds. The molecule has 0 aliphatic carbocycles. The van der Waals surface area contributed by atoms with Gasteiger partial charge >= 0.3 is 0 Å². The number of nitrogens with one attached hydrogen (secondary N) is 2. The second-order valence-corrected chi connectivity index (χ2v) is 5.82. The number of carbonyl (C=O) groups excluding carboxylic acids is 1. The lowest BCUT2D eigenvalue weighted by molar-refractivity contribution is -0.126. The van der Waals surface area contributed by atoms with Crippen molar-refractivity contribution in [2.75, 3.05) is 6.54 Å². The van der Waals surface area contributed by atoms with Crippen LogP contribution in [0.1, 0.15) is 32.3 Å². The molecule has 1 unspecified atom stereocenters. The van der Waals surface area contributed by atoms with Gasteiger partial charge in [0.05, 0.1) is 6.04 Å². The Morgan fingerprint density at radius 2 is 2.11 bits per heavy atom. The van der Waals surface area contributed by atoms with Gasteiger partial charge in [-0.2, -0.15) is 0 Å². The number of halogens is 1. The molecule has 0 saturated carbocycles. The molecule has 1 fully saturated rings. The van der Waals surface area contributed by atoms with E-state index in [0.29, 0.717) is 6.54 Å². The van der Waals surface area contributed by atoms with Gasteiger partial charge in [0.25, 0.3) is 0 Å². The minimum atomic E-state index is -0.259. The van der Waals surface area contributed by atoms with Crippen molar-refractivity contribution >= 4 is 5.91 Å². The molecule has 1 heterocycles. The summed E-state index contributed by atoms with van der Waals surface area (Å²) < 4.78 is 12.8. The standard InChI is InChI=1S/C15H21FN2O/c1-15(2)8-3-9-17-13(15)14(19)18-10-11-4-6-12(16)7-5-11/h4-7,13,17H,3,8-10H2,1-2H3,(H,18,19). The summed E-state index contributed by atoms with van der Waals surface area (Å²) in [5.41, 5.74) is 0.883. The van der Waals surface area contributed by atoms with Crippen LogP contribution in [-0.2, 0) is 11.3 Å². The SMILES string of the molecule is CC1(C)CCCNC1C(=O)NCc1ccc(F)cc1. The molecule has 1 aromatic carbocycles. The lowest BCUT2D eigenvalue weighted by Gasteiger charge is -2.38. The van der Waals surface area contributed by atoms with E-state index < -0.39 is 0 Å². The Labute approximate surface area is 113 Å². The van der Waals surface area contributed by atoms with Crippen LogP contribution in [0.3, 0.4) is 0 Å². The number of amides is 1. The van der Waals surface area contributed by atoms with Gasteiger partial charge in [0.15, 0.2) is 0 Å². The molecule has 1 aliphatic heterocycles. The topological polar surface area (TPSA) is 41.1 Å². The van der Waals surface area contributed by atoms with E-state index in [2.05, 4.69) is 24.5 Å². The minimum absolute atomic E-state index is 0.0222. The van der Waals surface area contributed by atoms with E-state index in [9.17, 15) is 9.18 Å². The number of hydrogen-bond acceptors (Lipinski definition) is 2. The Bertz CT molecular complexity index is 442. The van der Waals surface area contributed by atoms with E-state index in [1.807, 2.05) is 0 Å². The summed E-state index contributed by atoms with van der Waals surface area (Å²) in [4.78, 5) is 12.2. The third-order valence-electron chi connectivity index (χ3n) is 3.77. The largest absolute Gasteiger partial charge is 0.351 e. The highest BCUT2D eigenvalue weighted by Crippen LogP contribution is 2.30. The molecule has 4 heteroatoms. The molecule has 2 N–H and O–H groups in total. The molecule has 0 aromatic heterocycles. The zero-order chi connectivity index (χ0) is 13.9. The predicted molar refractivity (Wildman–Crippen MR) is 73.1 cm³/mol. The van der Waals surface area contributed by atoms with Crippen molar-refractivity contribution in [2.24, 2.45) is 5.41 Å². The van der Waals surface area contributed by atoms with E-state index in [1.54, 1.807) is 12.1 Å². The Hall–Kier alpha value is -1.42. The van der Waals surface area contributed by atoms with Crippen molar-refractivity contribution < 1.29 is 9.18 Å². The summed E-state index contributed by atoms with van der Waals surface area (Å²) >= 11 is 0. The lowest BCUT2D eigenvalue weighted by atomic mass is 9.77. The van der Waals surface area contributed by atoms with E-state index >= 15 is 0 Å². The molecule has 3 nitrogen and oxygen atoms in total. The fourth-order valence-corrected chi connectivity index (χ4v) is 2.55. The zero-order valence-corrected chi connectivity index (χ0v) is 11.5. The Kier molecular flexibility index (Phi) is 4.20.